The molecule has 1 aliphatic rings. The molecule has 0 spiro atoms. The third-order valence-electron chi connectivity index (χ3n) is 3.75. The van der Waals surface area contributed by atoms with E-state index in [1.165, 1.54) is 0 Å². The van der Waals surface area contributed by atoms with E-state index >= 15 is 0 Å². The smallest absolute Gasteiger partial charge is 0.335 e. The van der Waals surface area contributed by atoms with Gasteiger partial charge in [-0.3, -0.25) is 0 Å². The first-order valence-electron chi connectivity index (χ1n) is 7.47. The highest BCUT2D eigenvalue weighted by Crippen LogP contribution is 2.29. The number of aliphatic hydroxyl groups excluding tert-OH is 1. The molecular weight excluding hydrogens is 260 g/mol. The van der Waals surface area contributed by atoms with Gasteiger partial charge in [0, 0.05) is 20.1 Å². The van der Waals surface area contributed by atoms with E-state index in [1.54, 1.807) is 7.11 Å². The summed E-state index contributed by atoms with van der Waals surface area (Å²) < 4.78 is 16.5. The molecule has 5 nitrogen and oxygen atoms in total. The van der Waals surface area contributed by atoms with Crippen molar-refractivity contribution < 1.29 is 24.1 Å². The second-order valence-electron chi connectivity index (χ2n) is 5.81. The van der Waals surface area contributed by atoms with Gasteiger partial charge in [0.1, 0.15) is 0 Å². The summed E-state index contributed by atoms with van der Waals surface area (Å²) in [6, 6.07) is 0. The third kappa shape index (κ3) is 5.38. The van der Waals surface area contributed by atoms with Crippen LogP contribution in [0.25, 0.3) is 0 Å². The predicted molar refractivity (Wildman–Crippen MR) is 75.4 cm³/mol. The Bertz CT molecular complexity index is 292. The van der Waals surface area contributed by atoms with E-state index in [0.717, 1.165) is 6.42 Å². The lowest BCUT2D eigenvalue weighted by atomic mass is 9.89. The van der Waals surface area contributed by atoms with Gasteiger partial charge in [-0.15, -0.1) is 0 Å². The molecule has 0 aromatic rings. The number of hydrogen-bond acceptors (Lipinski definition) is 5. The molecule has 0 unspecified atom stereocenters. The van der Waals surface area contributed by atoms with Gasteiger partial charge in [-0.05, 0) is 39.0 Å². The third-order valence-corrected chi connectivity index (χ3v) is 3.75. The molecule has 0 radical (unpaired) electrons. The van der Waals surface area contributed by atoms with Crippen molar-refractivity contribution in [1.29, 1.82) is 0 Å². The van der Waals surface area contributed by atoms with Crippen LogP contribution in [0.15, 0.2) is 0 Å². The van der Waals surface area contributed by atoms with Crippen molar-refractivity contribution in [2.75, 3.05) is 13.7 Å². The van der Waals surface area contributed by atoms with E-state index in [4.69, 9.17) is 19.3 Å². The molecule has 0 aliphatic carbocycles. The fourth-order valence-electron chi connectivity index (χ4n) is 2.52. The molecule has 1 saturated heterocycles. The van der Waals surface area contributed by atoms with Crippen molar-refractivity contribution in [2.45, 2.75) is 70.9 Å². The number of carbonyl (C=O) groups is 1. The van der Waals surface area contributed by atoms with E-state index in [-0.39, 0.29) is 30.9 Å². The summed E-state index contributed by atoms with van der Waals surface area (Å²) >= 11 is 0. The van der Waals surface area contributed by atoms with Crippen molar-refractivity contribution in [3.8, 4) is 0 Å². The zero-order valence-corrected chi connectivity index (χ0v) is 13.0. The molecule has 0 saturated carbocycles. The minimum Gasteiger partial charge on any atom is -0.461 e. The van der Waals surface area contributed by atoms with Crippen LogP contribution in [0, 0.1) is 5.92 Å². The van der Waals surface area contributed by atoms with Crippen molar-refractivity contribution >= 4 is 5.97 Å². The van der Waals surface area contributed by atoms with Gasteiger partial charge in [0.05, 0.1) is 18.3 Å². The summed E-state index contributed by atoms with van der Waals surface area (Å²) in [5, 5.41) is 9.01. The summed E-state index contributed by atoms with van der Waals surface area (Å²) in [5.41, 5.74) is 0. The topological polar surface area (TPSA) is 65.0 Å². The Hall–Kier alpha value is -0.650. The zero-order chi connectivity index (χ0) is 15.1. The molecule has 0 amide bonds. The quantitative estimate of drug-likeness (QED) is 0.725. The number of methoxy groups -OCH3 is 1. The normalized spacial score (nSPS) is 28.4. The fourth-order valence-corrected chi connectivity index (χ4v) is 2.52. The van der Waals surface area contributed by atoms with Gasteiger partial charge >= 0.3 is 5.97 Å². The summed E-state index contributed by atoms with van der Waals surface area (Å²) in [4.78, 5) is 11.9. The van der Waals surface area contributed by atoms with Crippen LogP contribution in [-0.2, 0) is 19.0 Å². The van der Waals surface area contributed by atoms with E-state index in [9.17, 15) is 4.79 Å². The number of aliphatic hydroxyl groups is 1. The summed E-state index contributed by atoms with van der Waals surface area (Å²) in [7, 11) is 1.64. The second-order valence-corrected chi connectivity index (χ2v) is 5.81. The van der Waals surface area contributed by atoms with Gasteiger partial charge in [0.2, 0.25) is 0 Å². The molecule has 1 N–H and O–H groups in total. The average molecular weight is 288 g/mol. The number of hydrogen-bond donors (Lipinski definition) is 1. The molecule has 0 aromatic carbocycles. The SMILES string of the molecule is CO[C@@H](CCO)C[C@H]1O[C@H](C(=O)OC(C)C)CC[C@@H]1C. The lowest BCUT2D eigenvalue weighted by molar-refractivity contribution is -0.175. The molecule has 1 fully saturated rings. The Balaban J connectivity index is 2.54. The maximum Gasteiger partial charge on any atom is 0.335 e. The van der Waals surface area contributed by atoms with Crippen molar-refractivity contribution in [3.63, 3.8) is 0 Å². The number of esters is 1. The maximum atomic E-state index is 11.9. The number of rotatable bonds is 7. The van der Waals surface area contributed by atoms with E-state index in [0.29, 0.717) is 25.2 Å². The minimum atomic E-state index is -0.467. The Morgan fingerprint density at radius 3 is 2.65 bits per heavy atom. The standard InChI is InChI=1S/C15H28O5/c1-10(2)19-15(17)13-6-5-11(3)14(20-13)9-12(18-4)7-8-16/h10-14,16H,5-9H2,1-4H3/t11-,12-,13-,14+/m0/s1. The molecule has 118 valence electrons. The van der Waals surface area contributed by atoms with Gasteiger partial charge < -0.3 is 19.3 Å². The lowest BCUT2D eigenvalue weighted by Crippen LogP contribution is -2.41. The first-order chi connectivity index (χ1) is 9.47. The fraction of sp³-hybridized carbons (Fsp3) is 0.933. The number of carbonyl (C=O) groups excluding carboxylic acids is 1. The van der Waals surface area contributed by atoms with E-state index in [1.807, 2.05) is 13.8 Å². The molecule has 1 rings (SSSR count). The first kappa shape index (κ1) is 17.4. The first-order valence-corrected chi connectivity index (χ1v) is 7.47. The predicted octanol–water partition coefficient (Wildman–Crippen LogP) is 1.91. The van der Waals surface area contributed by atoms with Crippen molar-refractivity contribution in [1.82, 2.24) is 0 Å². The summed E-state index contributed by atoms with van der Waals surface area (Å²) in [6.07, 6.45) is 2.29. The minimum absolute atomic E-state index is 0.0232. The van der Waals surface area contributed by atoms with E-state index in [2.05, 4.69) is 6.92 Å². The largest absolute Gasteiger partial charge is 0.461 e. The van der Waals surface area contributed by atoms with Crippen molar-refractivity contribution in [2.24, 2.45) is 5.92 Å². The summed E-state index contributed by atoms with van der Waals surface area (Å²) in [5.74, 6) is 0.113. The molecule has 5 heteroatoms. The van der Waals surface area contributed by atoms with Crippen molar-refractivity contribution in [3.05, 3.63) is 0 Å². The van der Waals surface area contributed by atoms with E-state index < -0.39 is 6.10 Å². The zero-order valence-electron chi connectivity index (χ0n) is 13.0. The Kier molecular flexibility index (Phi) is 7.48. The van der Waals surface area contributed by atoms with Crippen LogP contribution >= 0.6 is 0 Å². The molecule has 1 aliphatic heterocycles. The summed E-state index contributed by atoms with van der Waals surface area (Å²) in [6.45, 7) is 5.89. The maximum absolute atomic E-state index is 11.9. The Labute approximate surface area is 121 Å². The lowest BCUT2D eigenvalue weighted by Gasteiger charge is -2.35. The van der Waals surface area contributed by atoms with Gasteiger partial charge in [-0.2, -0.15) is 0 Å². The van der Waals surface area contributed by atoms with Crippen LogP contribution in [-0.4, -0.2) is 49.2 Å². The molecule has 0 aromatic heterocycles. The van der Waals surface area contributed by atoms with Gasteiger partial charge in [0.25, 0.3) is 0 Å². The monoisotopic (exact) mass is 288 g/mol. The molecule has 1 heterocycles. The van der Waals surface area contributed by atoms with Crippen LogP contribution in [0.4, 0.5) is 0 Å². The molecule has 4 atom stereocenters. The van der Waals surface area contributed by atoms with Gasteiger partial charge in [0.15, 0.2) is 6.10 Å². The molecular formula is C15H28O5. The van der Waals surface area contributed by atoms with Gasteiger partial charge in [-0.25, -0.2) is 4.79 Å². The highest BCUT2D eigenvalue weighted by Gasteiger charge is 2.34. The Morgan fingerprint density at radius 2 is 2.10 bits per heavy atom. The van der Waals surface area contributed by atoms with Crippen LogP contribution in [0.5, 0.6) is 0 Å². The highest BCUT2D eigenvalue weighted by atomic mass is 16.6. The molecule has 20 heavy (non-hydrogen) atoms. The van der Waals surface area contributed by atoms with Crippen LogP contribution in [0.1, 0.15) is 46.5 Å². The van der Waals surface area contributed by atoms with Crippen LogP contribution in [0.2, 0.25) is 0 Å². The Morgan fingerprint density at radius 1 is 1.40 bits per heavy atom. The van der Waals surface area contributed by atoms with Gasteiger partial charge in [-0.1, -0.05) is 6.92 Å². The van der Waals surface area contributed by atoms with Crippen LogP contribution < -0.4 is 0 Å². The average Bonchev–Trinajstić information content (AvgIpc) is 2.39. The van der Waals surface area contributed by atoms with Crippen LogP contribution in [0.3, 0.4) is 0 Å². The number of ether oxygens (including phenoxy) is 3. The molecule has 0 bridgehead atoms. The second kappa shape index (κ2) is 8.60. The highest BCUT2D eigenvalue weighted by molar-refractivity contribution is 5.74.